The van der Waals surface area contributed by atoms with Crippen molar-refractivity contribution < 1.29 is 4.79 Å². The largest absolute Gasteiger partial charge is 0.293 e. The van der Waals surface area contributed by atoms with Gasteiger partial charge in [0.05, 0.1) is 5.33 Å². The van der Waals surface area contributed by atoms with Gasteiger partial charge < -0.3 is 0 Å². The summed E-state index contributed by atoms with van der Waals surface area (Å²) in [6.07, 6.45) is 2.62. The lowest BCUT2D eigenvalue weighted by Gasteiger charge is -1.99. The molecule has 68 valence electrons. The first-order chi connectivity index (χ1) is 6.31. The standard InChI is InChI=1S/C11H11BrO/c12-7-11(13)10-5-3-9(4-6-10)8-1-2-8/h3-6,8H,1-2,7H2. The molecular weight excluding hydrogens is 228 g/mol. The molecule has 1 saturated carbocycles. The van der Waals surface area contributed by atoms with Gasteiger partial charge in [0.1, 0.15) is 0 Å². The second-order valence-electron chi connectivity index (χ2n) is 3.45. The van der Waals surface area contributed by atoms with Crippen LogP contribution in [0.15, 0.2) is 24.3 Å². The number of alkyl halides is 1. The normalized spacial score (nSPS) is 15.8. The van der Waals surface area contributed by atoms with E-state index in [1.165, 1.54) is 18.4 Å². The minimum absolute atomic E-state index is 0.155. The Morgan fingerprint density at radius 3 is 2.38 bits per heavy atom. The van der Waals surface area contributed by atoms with Gasteiger partial charge in [-0.1, -0.05) is 40.2 Å². The highest BCUT2D eigenvalue weighted by Crippen LogP contribution is 2.39. The number of carbonyl (C=O) groups excluding carboxylic acids is 1. The molecule has 0 aliphatic heterocycles. The van der Waals surface area contributed by atoms with Crippen molar-refractivity contribution in [1.82, 2.24) is 0 Å². The fourth-order valence-corrected chi connectivity index (χ4v) is 1.76. The third kappa shape index (κ3) is 1.99. The quantitative estimate of drug-likeness (QED) is 0.585. The highest BCUT2D eigenvalue weighted by molar-refractivity contribution is 9.09. The van der Waals surface area contributed by atoms with Crippen LogP contribution in [0.25, 0.3) is 0 Å². The first-order valence-electron chi connectivity index (χ1n) is 4.50. The summed E-state index contributed by atoms with van der Waals surface area (Å²) >= 11 is 3.16. The molecule has 0 N–H and O–H groups in total. The van der Waals surface area contributed by atoms with Gasteiger partial charge in [-0.2, -0.15) is 0 Å². The van der Waals surface area contributed by atoms with Gasteiger partial charge in [0.2, 0.25) is 0 Å². The van der Waals surface area contributed by atoms with Gasteiger partial charge in [-0.05, 0) is 24.3 Å². The van der Waals surface area contributed by atoms with E-state index >= 15 is 0 Å². The van der Waals surface area contributed by atoms with Gasteiger partial charge >= 0.3 is 0 Å². The van der Waals surface area contributed by atoms with Crippen molar-refractivity contribution in [3.05, 3.63) is 35.4 Å². The second kappa shape index (κ2) is 3.62. The van der Waals surface area contributed by atoms with Crippen LogP contribution in [0, 0.1) is 0 Å². The first kappa shape index (κ1) is 8.95. The van der Waals surface area contributed by atoms with Gasteiger partial charge in [0, 0.05) is 5.56 Å². The maximum atomic E-state index is 11.3. The van der Waals surface area contributed by atoms with Gasteiger partial charge in [-0.3, -0.25) is 4.79 Å². The van der Waals surface area contributed by atoms with Crippen molar-refractivity contribution in [3.63, 3.8) is 0 Å². The molecule has 13 heavy (non-hydrogen) atoms. The Kier molecular flexibility index (Phi) is 2.49. The molecule has 1 fully saturated rings. The van der Waals surface area contributed by atoms with Crippen LogP contribution in [0.3, 0.4) is 0 Å². The Bertz CT molecular complexity index is 311. The van der Waals surface area contributed by atoms with Crippen molar-refractivity contribution in [2.45, 2.75) is 18.8 Å². The summed E-state index contributed by atoms with van der Waals surface area (Å²) in [5.74, 6) is 0.926. The molecule has 0 aromatic heterocycles. The van der Waals surface area contributed by atoms with Gasteiger partial charge in [0.15, 0.2) is 5.78 Å². The summed E-state index contributed by atoms with van der Waals surface area (Å²) < 4.78 is 0. The molecule has 1 nitrogen and oxygen atoms in total. The molecule has 2 heteroatoms. The fourth-order valence-electron chi connectivity index (χ4n) is 1.43. The smallest absolute Gasteiger partial charge is 0.173 e. The van der Waals surface area contributed by atoms with Crippen molar-refractivity contribution in [2.75, 3.05) is 5.33 Å². The molecular formula is C11H11BrO. The minimum atomic E-state index is 0.155. The second-order valence-corrected chi connectivity index (χ2v) is 4.01. The molecule has 0 radical (unpaired) electrons. The third-order valence-electron chi connectivity index (χ3n) is 2.40. The minimum Gasteiger partial charge on any atom is -0.293 e. The van der Waals surface area contributed by atoms with E-state index in [-0.39, 0.29) is 5.78 Å². The number of ketones is 1. The highest BCUT2D eigenvalue weighted by atomic mass is 79.9. The van der Waals surface area contributed by atoms with Gasteiger partial charge in [-0.25, -0.2) is 0 Å². The molecule has 0 bridgehead atoms. The summed E-state index contributed by atoms with van der Waals surface area (Å²) in [4.78, 5) is 11.3. The first-order valence-corrected chi connectivity index (χ1v) is 5.62. The van der Waals surface area contributed by atoms with E-state index in [0.29, 0.717) is 5.33 Å². The Morgan fingerprint density at radius 2 is 1.92 bits per heavy atom. The van der Waals surface area contributed by atoms with Crippen molar-refractivity contribution >= 4 is 21.7 Å². The van der Waals surface area contributed by atoms with Crippen LogP contribution in [0.2, 0.25) is 0 Å². The molecule has 0 saturated heterocycles. The Morgan fingerprint density at radius 1 is 1.31 bits per heavy atom. The van der Waals surface area contributed by atoms with Crippen LogP contribution in [-0.2, 0) is 0 Å². The summed E-state index contributed by atoms with van der Waals surface area (Å²) in [7, 11) is 0. The zero-order valence-electron chi connectivity index (χ0n) is 7.29. The summed E-state index contributed by atoms with van der Waals surface area (Å²) in [5.41, 5.74) is 2.19. The molecule has 1 aromatic carbocycles. The molecule has 0 atom stereocenters. The number of rotatable bonds is 3. The fraction of sp³-hybridized carbons (Fsp3) is 0.364. The number of hydrogen-bond donors (Lipinski definition) is 0. The van der Waals surface area contributed by atoms with E-state index < -0.39 is 0 Å². The zero-order chi connectivity index (χ0) is 9.26. The molecule has 0 heterocycles. The van der Waals surface area contributed by atoms with Crippen molar-refractivity contribution in [3.8, 4) is 0 Å². The topological polar surface area (TPSA) is 17.1 Å². The maximum Gasteiger partial charge on any atom is 0.173 e. The van der Waals surface area contributed by atoms with Crippen LogP contribution in [0.4, 0.5) is 0 Å². The van der Waals surface area contributed by atoms with Gasteiger partial charge in [-0.15, -0.1) is 0 Å². The van der Waals surface area contributed by atoms with E-state index in [9.17, 15) is 4.79 Å². The summed E-state index contributed by atoms with van der Waals surface area (Å²) in [5, 5.41) is 0.412. The molecule has 0 unspecified atom stereocenters. The highest BCUT2D eigenvalue weighted by Gasteiger charge is 2.23. The van der Waals surface area contributed by atoms with Crippen LogP contribution >= 0.6 is 15.9 Å². The van der Waals surface area contributed by atoms with Crippen LogP contribution in [0.5, 0.6) is 0 Å². The Balaban J connectivity index is 2.17. The predicted molar refractivity (Wildman–Crippen MR) is 56.5 cm³/mol. The van der Waals surface area contributed by atoms with E-state index in [4.69, 9.17) is 0 Å². The molecule has 1 aliphatic rings. The number of hydrogen-bond acceptors (Lipinski definition) is 1. The number of halogens is 1. The summed E-state index contributed by atoms with van der Waals surface area (Å²) in [6.45, 7) is 0. The van der Waals surface area contributed by atoms with E-state index in [2.05, 4.69) is 28.1 Å². The van der Waals surface area contributed by atoms with E-state index in [0.717, 1.165) is 11.5 Å². The molecule has 2 rings (SSSR count). The number of Topliss-reactive ketones (excluding diaryl/α,β-unsaturated/α-hetero) is 1. The molecule has 0 amide bonds. The zero-order valence-corrected chi connectivity index (χ0v) is 8.88. The van der Waals surface area contributed by atoms with Crippen LogP contribution in [0.1, 0.15) is 34.7 Å². The average molecular weight is 239 g/mol. The monoisotopic (exact) mass is 238 g/mol. The number of benzene rings is 1. The van der Waals surface area contributed by atoms with Gasteiger partial charge in [0.25, 0.3) is 0 Å². The van der Waals surface area contributed by atoms with E-state index in [1.54, 1.807) is 0 Å². The van der Waals surface area contributed by atoms with E-state index in [1.807, 2.05) is 12.1 Å². The third-order valence-corrected chi connectivity index (χ3v) is 2.91. The SMILES string of the molecule is O=C(CBr)c1ccc(C2CC2)cc1. The van der Waals surface area contributed by atoms with Crippen molar-refractivity contribution in [1.29, 1.82) is 0 Å². The maximum absolute atomic E-state index is 11.3. The molecule has 1 aromatic rings. The van der Waals surface area contributed by atoms with Crippen molar-refractivity contribution in [2.24, 2.45) is 0 Å². The lowest BCUT2D eigenvalue weighted by atomic mass is 10.1. The van der Waals surface area contributed by atoms with Crippen LogP contribution in [-0.4, -0.2) is 11.1 Å². The predicted octanol–water partition coefficient (Wildman–Crippen LogP) is 3.14. The molecule has 1 aliphatic carbocycles. The average Bonchev–Trinajstić information content (AvgIpc) is 3.00. The Labute approximate surface area is 86.3 Å². The summed E-state index contributed by atoms with van der Waals surface area (Å²) in [6, 6.07) is 8.01. The molecule has 0 spiro atoms. The van der Waals surface area contributed by atoms with Crippen LogP contribution < -0.4 is 0 Å². The lowest BCUT2D eigenvalue weighted by molar-refractivity contribution is 0.102. The number of carbonyl (C=O) groups is 1. The lowest BCUT2D eigenvalue weighted by Crippen LogP contribution is -1.99. The Hall–Kier alpha value is -0.630.